The summed E-state index contributed by atoms with van der Waals surface area (Å²) in [7, 11) is 1.98. The number of benzene rings is 1. The first kappa shape index (κ1) is 21.1. The molecule has 0 amide bonds. The van der Waals surface area contributed by atoms with Gasteiger partial charge in [0.15, 0.2) is 0 Å². The highest BCUT2D eigenvalue weighted by Crippen LogP contribution is 2.36. The van der Waals surface area contributed by atoms with Gasteiger partial charge >= 0.3 is 0 Å². The van der Waals surface area contributed by atoms with Crippen molar-refractivity contribution >= 4 is 16.6 Å². The van der Waals surface area contributed by atoms with E-state index < -0.39 is 6.43 Å². The number of H-pyrrole nitrogens is 1. The molecule has 1 aliphatic rings. The predicted molar refractivity (Wildman–Crippen MR) is 125 cm³/mol. The zero-order chi connectivity index (χ0) is 22.1. The number of hydrogen-bond acceptors (Lipinski definition) is 3. The number of piperidine rings is 1. The molecule has 1 saturated heterocycles. The van der Waals surface area contributed by atoms with Crippen molar-refractivity contribution in [3.8, 4) is 11.3 Å². The van der Waals surface area contributed by atoms with Crippen LogP contribution < -0.4 is 5.32 Å². The molecule has 0 unspecified atom stereocenters. The van der Waals surface area contributed by atoms with Crippen LogP contribution in [-0.2, 0) is 6.42 Å². The summed E-state index contributed by atoms with van der Waals surface area (Å²) < 4.78 is 29.1. The van der Waals surface area contributed by atoms with Crippen molar-refractivity contribution in [2.45, 2.75) is 31.6 Å². The molecule has 0 atom stereocenters. The molecule has 0 spiro atoms. The van der Waals surface area contributed by atoms with Crippen molar-refractivity contribution in [1.82, 2.24) is 24.6 Å². The van der Waals surface area contributed by atoms with E-state index in [1.54, 1.807) is 6.20 Å². The molecule has 0 radical (unpaired) electrons. The van der Waals surface area contributed by atoms with Gasteiger partial charge in [0.2, 0.25) is 6.43 Å². The van der Waals surface area contributed by atoms with Gasteiger partial charge in [-0.15, -0.1) is 0 Å². The molecule has 32 heavy (non-hydrogen) atoms. The lowest BCUT2D eigenvalue weighted by atomic mass is 9.88. The number of nitrogens with zero attached hydrogens (tertiary/aromatic N) is 3. The second-order valence-electron chi connectivity index (χ2n) is 8.71. The number of rotatable bonds is 7. The van der Waals surface area contributed by atoms with E-state index in [1.807, 2.05) is 36.0 Å². The Labute approximate surface area is 186 Å². The molecule has 3 aromatic heterocycles. The minimum Gasteiger partial charge on any atom is -0.354 e. The molecule has 0 aliphatic carbocycles. The van der Waals surface area contributed by atoms with Crippen LogP contribution in [0.1, 0.15) is 29.9 Å². The van der Waals surface area contributed by atoms with E-state index in [0.717, 1.165) is 66.8 Å². The van der Waals surface area contributed by atoms with E-state index in [4.69, 9.17) is 0 Å². The van der Waals surface area contributed by atoms with Crippen LogP contribution >= 0.6 is 0 Å². The van der Waals surface area contributed by atoms with Gasteiger partial charge in [-0.3, -0.25) is 0 Å². The summed E-state index contributed by atoms with van der Waals surface area (Å²) in [6.07, 6.45) is 5.11. The number of aromatic nitrogens is 3. The third-order valence-electron chi connectivity index (χ3n) is 6.70. The maximum absolute atomic E-state index is 13.6. The number of alkyl halides is 2. The van der Waals surface area contributed by atoms with Crippen LogP contribution in [0.3, 0.4) is 0 Å². The highest BCUT2D eigenvalue weighted by molar-refractivity contribution is 5.91. The number of likely N-dealkylation sites (tertiary alicyclic amines) is 1. The van der Waals surface area contributed by atoms with E-state index in [0.29, 0.717) is 11.5 Å². The van der Waals surface area contributed by atoms with Crippen LogP contribution in [0.4, 0.5) is 8.78 Å². The summed E-state index contributed by atoms with van der Waals surface area (Å²) in [5.74, 6) is 0.477. The van der Waals surface area contributed by atoms with Crippen molar-refractivity contribution in [1.29, 1.82) is 0 Å². The van der Waals surface area contributed by atoms with Crippen LogP contribution in [0.15, 0.2) is 48.9 Å². The number of hydrogen-bond donors (Lipinski definition) is 2. The molecule has 2 N–H and O–H groups in total. The minimum absolute atomic E-state index is 0.261. The third kappa shape index (κ3) is 4.14. The van der Waals surface area contributed by atoms with Gasteiger partial charge in [0.1, 0.15) is 5.65 Å². The molecule has 4 heterocycles. The van der Waals surface area contributed by atoms with Crippen LogP contribution in [-0.4, -0.2) is 58.9 Å². The first-order valence-electron chi connectivity index (χ1n) is 11.3. The highest BCUT2D eigenvalue weighted by Gasteiger charge is 2.23. The third-order valence-corrected chi connectivity index (χ3v) is 6.70. The van der Waals surface area contributed by atoms with Gasteiger partial charge in [-0.05, 0) is 74.3 Å². The molecule has 168 valence electrons. The number of likely N-dealkylation sites (N-methyl/N-ethyl adjacent to an activating group) is 1. The summed E-state index contributed by atoms with van der Waals surface area (Å²) in [5.41, 5.74) is 5.37. The SMILES string of the molecule is CNCCN1CCC(c2ccc3[nH]c(-c4ccc5nccn5c4)c(CC(F)F)c3c2)CC1. The Bertz CT molecular complexity index is 1200. The fourth-order valence-corrected chi connectivity index (χ4v) is 4.96. The first-order chi connectivity index (χ1) is 15.6. The maximum atomic E-state index is 13.6. The zero-order valence-electron chi connectivity index (χ0n) is 18.3. The second-order valence-corrected chi connectivity index (χ2v) is 8.71. The number of halogens is 2. The molecule has 1 aromatic carbocycles. The Hall–Kier alpha value is -2.77. The molecular formula is C25H29F2N5. The monoisotopic (exact) mass is 437 g/mol. The topological polar surface area (TPSA) is 48.4 Å². The Balaban J connectivity index is 1.48. The molecule has 4 aromatic rings. The van der Waals surface area contributed by atoms with Gasteiger partial charge in [0, 0.05) is 54.6 Å². The molecule has 0 bridgehead atoms. The highest BCUT2D eigenvalue weighted by atomic mass is 19.3. The second kappa shape index (κ2) is 9.00. The van der Waals surface area contributed by atoms with Crippen molar-refractivity contribution < 1.29 is 8.78 Å². The van der Waals surface area contributed by atoms with E-state index in [2.05, 4.69) is 38.4 Å². The van der Waals surface area contributed by atoms with Gasteiger partial charge in [-0.1, -0.05) is 6.07 Å². The molecule has 5 rings (SSSR count). The van der Waals surface area contributed by atoms with Crippen LogP contribution in [0.25, 0.3) is 27.8 Å². The minimum atomic E-state index is -2.40. The van der Waals surface area contributed by atoms with Gasteiger partial charge in [0.05, 0.1) is 5.69 Å². The summed E-state index contributed by atoms with van der Waals surface area (Å²) >= 11 is 0. The molecule has 1 aliphatic heterocycles. The smallest absolute Gasteiger partial charge is 0.242 e. The summed E-state index contributed by atoms with van der Waals surface area (Å²) in [6.45, 7) is 4.24. The van der Waals surface area contributed by atoms with Crippen LogP contribution in [0.5, 0.6) is 0 Å². The average molecular weight is 438 g/mol. The Morgan fingerprint density at radius 2 is 2.03 bits per heavy atom. The fraction of sp³-hybridized carbons (Fsp3) is 0.400. The van der Waals surface area contributed by atoms with Crippen LogP contribution in [0, 0.1) is 0 Å². The molecular weight excluding hydrogens is 408 g/mol. The summed E-state index contributed by atoms with van der Waals surface area (Å²) in [5, 5.41) is 4.13. The van der Waals surface area contributed by atoms with E-state index in [9.17, 15) is 8.78 Å². The van der Waals surface area contributed by atoms with Gasteiger partial charge in [-0.25, -0.2) is 13.8 Å². The van der Waals surface area contributed by atoms with E-state index in [1.165, 1.54) is 5.56 Å². The number of nitrogens with one attached hydrogen (secondary N) is 2. The normalized spacial score (nSPS) is 16.0. The molecule has 1 fully saturated rings. The quantitative estimate of drug-likeness (QED) is 0.441. The van der Waals surface area contributed by atoms with Gasteiger partial charge < -0.3 is 19.6 Å². The van der Waals surface area contributed by atoms with Crippen molar-refractivity contribution in [2.75, 3.05) is 33.2 Å². The maximum Gasteiger partial charge on any atom is 0.242 e. The Morgan fingerprint density at radius 1 is 1.19 bits per heavy atom. The summed E-state index contributed by atoms with van der Waals surface area (Å²) in [6, 6.07) is 10.2. The summed E-state index contributed by atoms with van der Waals surface area (Å²) in [4.78, 5) is 10.2. The van der Waals surface area contributed by atoms with Crippen molar-refractivity contribution in [2.24, 2.45) is 0 Å². The number of pyridine rings is 1. The fourth-order valence-electron chi connectivity index (χ4n) is 4.96. The van der Waals surface area contributed by atoms with Gasteiger partial charge in [-0.2, -0.15) is 0 Å². The standard InChI is InChI=1S/C25H29F2N5/c1-28-8-12-31-10-6-17(7-11-31)18-2-4-22-20(14-18)21(15-23(26)27)25(30-22)19-3-5-24-29-9-13-32(24)16-19/h2-5,9,13-14,16-17,23,28,30H,6-8,10-12,15H2,1H3. The lowest BCUT2D eigenvalue weighted by Gasteiger charge is -2.32. The van der Waals surface area contributed by atoms with E-state index >= 15 is 0 Å². The number of fused-ring (bicyclic) bond motifs is 2. The predicted octanol–water partition coefficient (Wildman–Crippen LogP) is 4.69. The van der Waals surface area contributed by atoms with Crippen molar-refractivity contribution in [3.05, 3.63) is 60.0 Å². The van der Waals surface area contributed by atoms with E-state index in [-0.39, 0.29) is 6.42 Å². The molecule has 7 heteroatoms. The average Bonchev–Trinajstić information content (AvgIpc) is 3.41. The molecule has 0 saturated carbocycles. The van der Waals surface area contributed by atoms with Crippen LogP contribution in [0.2, 0.25) is 0 Å². The number of aromatic amines is 1. The van der Waals surface area contributed by atoms with Gasteiger partial charge in [0.25, 0.3) is 0 Å². The first-order valence-corrected chi connectivity index (χ1v) is 11.3. The lowest BCUT2D eigenvalue weighted by Crippen LogP contribution is -2.37. The largest absolute Gasteiger partial charge is 0.354 e. The zero-order valence-corrected chi connectivity index (χ0v) is 18.3. The molecule has 5 nitrogen and oxygen atoms in total. The lowest BCUT2D eigenvalue weighted by molar-refractivity contribution is 0.149. The Morgan fingerprint density at radius 3 is 2.81 bits per heavy atom. The van der Waals surface area contributed by atoms with Crippen molar-refractivity contribution in [3.63, 3.8) is 0 Å². The number of imidazole rings is 1. The Kier molecular flexibility index (Phi) is 5.93.